The molecule has 0 saturated heterocycles. The molecule has 0 aliphatic rings. The number of rotatable bonds is 6. The largest absolute Gasteiger partial charge is 0.337 e. The van der Waals surface area contributed by atoms with Gasteiger partial charge in [0, 0.05) is 24.8 Å². The monoisotopic (exact) mass is 414 g/mol. The Bertz CT molecular complexity index is 1070. The average Bonchev–Trinajstić information content (AvgIpc) is 3.16. The van der Waals surface area contributed by atoms with Crippen LogP contribution in [0.5, 0.6) is 0 Å². The fourth-order valence-electron chi connectivity index (χ4n) is 2.84. The van der Waals surface area contributed by atoms with E-state index in [4.69, 9.17) is 0 Å². The average molecular weight is 415 g/mol. The number of benzene rings is 2. The third kappa shape index (κ3) is 4.61. The summed E-state index contributed by atoms with van der Waals surface area (Å²) in [6.07, 6.45) is 0. The molecule has 0 saturated carbocycles. The first-order valence-corrected chi connectivity index (χ1v) is 11.2. The lowest BCUT2D eigenvalue weighted by Gasteiger charge is -2.17. The smallest absolute Gasteiger partial charge is 0.262 e. The molecule has 0 bridgehead atoms. The Balaban J connectivity index is 1.73. The maximum absolute atomic E-state index is 12.7. The fourth-order valence-corrected chi connectivity index (χ4v) is 4.89. The summed E-state index contributed by atoms with van der Waals surface area (Å²) < 4.78 is 28.0. The van der Waals surface area contributed by atoms with Crippen LogP contribution in [0.2, 0.25) is 0 Å². The molecule has 146 valence electrons. The normalized spacial score (nSPS) is 11.2. The van der Waals surface area contributed by atoms with E-state index in [1.165, 1.54) is 0 Å². The van der Waals surface area contributed by atoms with E-state index in [1.54, 1.807) is 66.6 Å². The predicted molar refractivity (Wildman–Crippen MR) is 113 cm³/mol. The van der Waals surface area contributed by atoms with Crippen molar-refractivity contribution >= 4 is 33.0 Å². The Morgan fingerprint density at radius 3 is 2.43 bits per heavy atom. The summed E-state index contributed by atoms with van der Waals surface area (Å²) in [7, 11) is -1.95. The SMILES string of the molecule is Cc1ccc(C)c(S(=O)(=O)Nc2ccc(C(=O)N(C)Cc3ccsc3)cc2)c1. The van der Waals surface area contributed by atoms with Gasteiger partial charge < -0.3 is 4.90 Å². The number of thiophene rings is 1. The van der Waals surface area contributed by atoms with Crippen LogP contribution < -0.4 is 4.72 Å². The van der Waals surface area contributed by atoms with Crippen LogP contribution in [0.3, 0.4) is 0 Å². The summed E-state index contributed by atoms with van der Waals surface area (Å²) in [5.41, 5.74) is 3.56. The van der Waals surface area contributed by atoms with Crippen LogP contribution in [0.25, 0.3) is 0 Å². The second-order valence-corrected chi connectivity index (χ2v) is 9.18. The fraction of sp³-hybridized carbons (Fsp3) is 0.190. The second kappa shape index (κ2) is 8.16. The van der Waals surface area contributed by atoms with Crippen molar-refractivity contribution in [1.82, 2.24) is 4.90 Å². The lowest BCUT2D eigenvalue weighted by molar-refractivity contribution is 0.0785. The maximum Gasteiger partial charge on any atom is 0.262 e. The first kappa shape index (κ1) is 20.1. The van der Waals surface area contributed by atoms with Crippen molar-refractivity contribution in [2.45, 2.75) is 25.3 Å². The van der Waals surface area contributed by atoms with Gasteiger partial charge in [0.15, 0.2) is 0 Å². The zero-order chi connectivity index (χ0) is 20.3. The molecule has 0 spiro atoms. The van der Waals surface area contributed by atoms with Gasteiger partial charge in [-0.05, 0) is 77.7 Å². The molecule has 0 radical (unpaired) electrons. The van der Waals surface area contributed by atoms with Gasteiger partial charge in [0.1, 0.15) is 0 Å². The van der Waals surface area contributed by atoms with Crippen molar-refractivity contribution in [3.05, 3.63) is 81.5 Å². The van der Waals surface area contributed by atoms with Gasteiger partial charge >= 0.3 is 0 Å². The molecular formula is C21H22N2O3S2. The Morgan fingerprint density at radius 2 is 1.79 bits per heavy atom. The van der Waals surface area contributed by atoms with Crippen LogP contribution in [0.15, 0.2) is 64.2 Å². The summed E-state index contributed by atoms with van der Waals surface area (Å²) >= 11 is 1.59. The van der Waals surface area contributed by atoms with E-state index in [-0.39, 0.29) is 10.8 Å². The van der Waals surface area contributed by atoms with E-state index in [9.17, 15) is 13.2 Å². The molecule has 0 atom stereocenters. The number of hydrogen-bond acceptors (Lipinski definition) is 4. The Kier molecular flexibility index (Phi) is 5.86. The molecule has 1 heterocycles. The van der Waals surface area contributed by atoms with Gasteiger partial charge in [0.25, 0.3) is 15.9 Å². The molecule has 1 aromatic heterocycles. The van der Waals surface area contributed by atoms with Crippen LogP contribution in [0, 0.1) is 13.8 Å². The van der Waals surface area contributed by atoms with Crippen molar-refractivity contribution in [3.63, 3.8) is 0 Å². The van der Waals surface area contributed by atoms with Gasteiger partial charge in [-0.2, -0.15) is 11.3 Å². The Labute approximate surface area is 169 Å². The molecule has 5 nitrogen and oxygen atoms in total. The number of anilines is 1. The van der Waals surface area contributed by atoms with Gasteiger partial charge in [-0.1, -0.05) is 12.1 Å². The van der Waals surface area contributed by atoms with Crippen LogP contribution in [0.1, 0.15) is 27.0 Å². The minimum absolute atomic E-state index is 0.116. The molecule has 0 aliphatic carbocycles. The van der Waals surface area contributed by atoms with Crippen LogP contribution >= 0.6 is 11.3 Å². The van der Waals surface area contributed by atoms with Crippen LogP contribution in [0.4, 0.5) is 5.69 Å². The molecule has 0 aliphatic heterocycles. The van der Waals surface area contributed by atoms with Gasteiger partial charge in [-0.3, -0.25) is 9.52 Å². The number of hydrogen-bond donors (Lipinski definition) is 1. The van der Waals surface area contributed by atoms with Gasteiger partial charge in [-0.25, -0.2) is 8.42 Å². The minimum Gasteiger partial charge on any atom is -0.337 e. The summed E-state index contributed by atoms with van der Waals surface area (Å²) in [4.78, 5) is 14.5. The highest BCUT2D eigenvalue weighted by Crippen LogP contribution is 2.21. The van der Waals surface area contributed by atoms with Crippen molar-refractivity contribution in [1.29, 1.82) is 0 Å². The molecule has 1 N–H and O–H groups in total. The minimum atomic E-state index is -3.69. The predicted octanol–water partition coefficient (Wildman–Crippen LogP) is 4.44. The zero-order valence-corrected chi connectivity index (χ0v) is 17.6. The molecule has 0 unspecified atom stereocenters. The maximum atomic E-state index is 12.7. The Hall–Kier alpha value is -2.64. The van der Waals surface area contributed by atoms with E-state index in [1.807, 2.05) is 29.8 Å². The van der Waals surface area contributed by atoms with Crippen molar-refractivity contribution in [3.8, 4) is 0 Å². The standard InChI is InChI=1S/C21H22N2O3S2/c1-15-4-5-16(2)20(12-15)28(25,26)22-19-8-6-18(7-9-19)21(24)23(3)13-17-10-11-27-14-17/h4-12,14,22H,13H2,1-3H3. The van der Waals surface area contributed by atoms with Gasteiger partial charge in [0.05, 0.1) is 4.90 Å². The highest BCUT2D eigenvalue weighted by atomic mass is 32.2. The number of aryl methyl sites for hydroxylation is 2. The molecule has 2 aromatic carbocycles. The van der Waals surface area contributed by atoms with Crippen LogP contribution in [-0.4, -0.2) is 26.3 Å². The number of amides is 1. The lowest BCUT2D eigenvalue weighted by Crippen LogP contribution is -2.26. The Morgan fingerprint density at radius 1 is 1.07 bits per heavy atom. The first-order valence-electron chi connectivity index (χ1n) is 8.73. The van der Waals surface area contributed by atoms with Crippen molar-refractivity contribution in [2.75, 3.05) is 11.8 Å². The molecule has 3 rings (SSSR count). The highest BCUT2D eigenvalue weighted by Gasteiger charge is 2.18. The van der Waals surface area contributed by atoms with E-state index >= 15 is 0 Å². The third-order valence-corrected chi connectivity index (χ3v) is 6.62. The van der Waals surface area contributed by atoms with Crippen molar-refractivity contribution in [2.24, 2.45) is 0 Å². The number of carbonyl (C=O) groups is 1. The second-order valence-electron chi connectivity index (χ2n) is 6.74. The summed E-state index contributed by atoms with van der Waals surface area (Å²) in [6, 6.07) is 13.8. The number of nitrogens with zero attached hydrogens (tertiary/aromatic N) is 1. The lowest BCUT2D eigenvalue weighted by atomic mass is 10.2. The quantitative estimate of drug-likeness (QED) is 0.648. The molecule has 0 fully saturated rings. The highest BCUT2D eigenvalue weighted by molar-refractivity contribution is 7.92. The molecule has 28 heavy (non-hydrogen) atoms. The first-order chi connectivity index (χ1) is 13.3. The van der Waals surface area contributed by atoms with E-state index in [0.717, 1.165) is 11.1 Å². The van der Waals surface area contributed by atoms with Crippen LogP contribution in [-0.2, 0) is 16.6 Å². The van der Waals surface area contributed by atoms with Crippen molar-refractivity contribution < 1.29 is 13.2 Å². The summed E-state index contributed by atoms with van der Waals surface area (Å²) in [5, 5.41) is 3.99. The topological polar surface area (TPSA) is 66.5 Å². The van der Waals surface area contributed by atoms with Gasteiger partial charge in [0.2, 0.25) is 0 Å². The van der Waals surface area contributed by atoms with E-state index in [0.29, 0.717) is 23.4 Å². The van der Waals surface area contributed by atoms with Gasteiger partial charge in [-0.15, -0.1) is 0 Å². The van der Waals surface area contributed by atoms with E-state index in [2.05, 4.69) is 4.72 Å². The number of nitrogens with one attached hydrogen (secondary N) is 1. The molecular weight excluding hydrogens is 392 g/mol. The molecule has 3 aromatic rings. The summed E-state index contributed by atoms with van der Waals surface area (Å²) in [5.74, 6) is -0.116. The molecule has 1 amide bonds. The number of sulfonamides is 1. The summed E-state index contributed by atoms with van der Waals surface area (Å²) in [6.45, 7) is 4.15. The van der Waals surface area contributed by atoms with E-state index < -0.39 is 10.0 Å². The zero-order valence-electron chi connectivity index (χ0n) is 16.0. The molecule has 7 heteroatoms. The number of carbonyl (C=O) groups excluding carboxylic acids is 1. The third-order valence-electron chi connectivity index (χ3n) is 4.36.